The number of hydrazine groups is 1. The highest BCUT2D eigenvalue weighted by Gasteiger charge is 2.48. The van der Waals surface area contributed by atoms with E-state index in [2.05, 4.69) is 31.1 Å². The van der Waals surface area contributed by atoms with E-state index in [0.29, 0.717) is 6.54 Å². The largest absolute Gasteiger partial charge is 0.444 e. The predicted octanol–water partition coefficient (Wildman–Crippen LogP) is 4.36. The van der Waals surface area contributed by atoms with Crippen LogP contribution in [0.1, 0.15) is 86.5 Å². The van der Waals surface area contributed by atoms with Crippen LogP contribution in [0.15, 0.2) is 0 Å². The third-order valence-corrected chi connectivity index (χ3v) is 7.10. The van der Waals surface area contributed by atoms with Crippen molar-refractivity contribution < 1.29 is 19.1 Å². The van der Waals surface area contributed by atoms with Gasteiger partial charge in [0.15, 0.2) is 0 Å². The van der Waals surface area contributed by atoms with E-state index in [1.165, 1.54) is 0 Å². The van der Waals surface area contributed by atoms with Crippen molar-refractivity contribution in [2.24, 2.45) is 11.8 Å². The molecule has 1 N–H and O–H groups in total. The number of carbonyl (C=O) groups is 2. The van der Waals surface area contributed by atoms with Crippen molar-refractivity contribution in [1.29, 1.82) is 0 Å². The van der Waals surface area contributed by atoms with Crippen molar-refractivity contribution in [3.05, 3.63) is 0 Å². The Morgan fingerprint density at radius 2 is 1.84 bits per heavy atom. The van der Waals surface area contributed by atoms with Crippen molar-refractivity contribution in [2.75, 3.05) is 26.7 Å². The summed E-state index contributed by atoms with van der Waals surface area (Å²) in [5, 5.41) is 7.19. The van der Waals surface area contributed by atoms with Gasteiger partial charge in [0.2, 0.25) is 5.91 Å². The molecule has 0 spiro atoms. The number of amides is 2. The molecule has 0 aromatic heterocycles. The normalized spacial score (nSPS) is 24.0. The number of alkyl carbamates (subject to hydrolysis) is 1. The molecule has 3 atom stereocenters. The lowest BCUT2D eigenvalue weighted by atomic mass is 9.86. The van der Waals surface area contributed by atoms with E-state index in [-0.39, 0.29) is 29.4 Å². The number of rotatable bonds is 10. The van der Waals surface area contributed by atoms with Crippen LogP contribution < -0.4 is 5.32 Å². The van der Waals surface area contributed by atoms with Crippen LogP contribution in [0.4, 0.5) is 4.79 Å². The lowest BCUT2D eigenvalue weighted by molar-refractivity contribution is -0.163. The van der Waals surface area contributed by atoms with Crippen molar-refractivity contribution in [3.8, 4) is 0 Å². The summed E-state index contributed by atoms with van der Waals surface area (Å²) in [6, 6.07) is 0.236. The molecule has 2 amide bonds. The molecule has 2 aliphatic heterocycles. The van der Waals surface area contributed by atoms with Crippen LogP contribution in [0.25, 0.3) is 0 Å². The molecule has 7 heteroatoms. The Balaban J connectivity index is 2.07. The molecule has 0 saturated carbocycles. The van der Waals surface area contributed by atoms with E-state index in [1.54, 1.807) is 7.11 Å². The molecule has 2 aliphatic rings. The summed E-state index contributed by atoms with van der Waals surface area (Å²) in [5.74, 6) is 0.269. The van der Waals surface area contributed by atoms with Crippen LogP contribution in [0.2, 0.25) is 0 Å². The van der Waals surface area contributed by atoms with Crippen molar-refractivity contribution in [1.82, 2.24) is 15.3 Å². The summed E-state index contributed by atoms with van der Waals surface area (Å²) in [6.07, 6.45) is 6.33. The zero-order chi connectivity index (χ0) is 23.2. The minimum atomic E-state index is -0.526. The summed E-state index contributed by atoms with van der Waals surface area (Å²) >= 11 is 0. The van der Waals surface area contributed by atoms with Gasteiger partial charge >= 0.3 is 6.09 Å². The highest BCUT2D eigenvalue weighted by atomic mass is 16.6. The van der Waals surface area contributed by atoms with Crippen molar-refractivity contribution in [3.63, 3.8) is 0 Å². The van der Waals surface area contributed by atoms with Crippen LogP contribution in [-0.4, -0.2) is 66.0 Å². The maximum atomic E-state index is 13.5. The zero-order valence-corrected chi connectivity index (χ0v) is 20.8. The van der Waals surface area contributed by atoms with E-state index in [9.17, 15) is 9.59 Å². The number of hydrogen-bond acceptors (Lipinski definition) is 5. The molecule has 31 heavy (non-hydrogen) atoms. The molecule has 0 radical (unpaired) electrons. The molecule has 0 unspecified atom stereocenters. The van der Waals surface area contributed by atoms with E-state index in [1.807, 2.05) is 25.8 Å². The molecule has 0 bridgehead atoms. The first-order chi connectivity index (χ1) is 14.6. The highest BCUT2D eigenvalue weighted by molar-refractivity contribution is 5.81. The first-order valence-corrected chi connectivity index (χ1v) is 12.2. The molecule has 2 saturated heterocycles. The number of methoxy groups -OCH3 is 1. The average molecular weight is 440 g/mol. The standard InChI is InChI=1S/C24H45N3O4/c1-8-12-18(17-25-22(29)31-23(4,5)6)19-14-16-27(21(19)28)26-15-11-13-20(26)24(9-2,10-3)30-7/h18-20H,8-17H2,1-7H3,(H,25,29)/t18-,19-,20+/m1/s1. The van der Waals surface area contributed by atoms with Crippen LogP contribution in [-0.2, 0) is 14.3 Å². The second-order valence-electron chi connectivity index (χ2n) is 10.1. The Morgan fingerprint density at radius 3 is 2.39 bits per heavy atom. The Bertz CT molecular complexity index is 592. The molecule has 2 fully saturated rings. The van der Waals surface area contributed by atoms with Gasteiger partial charge in [0, 0.05) is 32.7 Å². The van der Waals surface area contributed by atoms with Gasteiger partial charge in [0.1, 0.15) is 5.60 Å². The van der Waals surface area contributed by atoms with Gasteiger partial charge in [0.05, 0.1) is 11.6 Å². The molecule has 2 heterocycles. The summed E-state index contributed by atoms with van der Waals surface area (Å²) in [7, 11) is 1.80. The van der Waals surface area contributed by atoms with Gasteiger partial charge in [-0.2, -0.15) is 0 Å². The number of carbonyl (C=O) groups excluding carboxylic acids is 2. The maximum absolute atomic E-state index is 13.5. The van der Waals surface area contributed by atoms with E-state index in [4.69, 9.17) is 9.47 Å². The Hall–Kier alpha value is -1.34. The van der Waals surface area contributed by atoms with Crippen LogP contribution in [0.3, 0.4) is 0 Å². The lowest BCUT2D eigenvalue weighted by Gasteiger charge is -2.44. The Morgan fingerprint density at radius 1 is 1.16 bits per heavy atom. The van der Waals surface area contributed by atoms with Crippen molar-refractivity contribution >= 4 is 12.0 Å². The Kier molecular flexibility index (Phi) is 9.19. The van der Waals surface area contributed by atoms with Crippen LogP contribution in [0, 0.1) is 11.8 Å². The minimum absolute atomic E-state index is 0.0589. The van der Waals surface area contributed by atoms with E-state index < -0.39 is 11.7 Å². The minimum Gasteiger partial charge on any atom is -0.444 e. The molecule has 0 aromatic carbocycles. The molecular formula is C24H45N3O4. The lowest BCUT2D eigenvalue weighted by Crippen LogP contribution is -2.57. The van der Waals surface area contributed by atoms with Gasteiger partial charge in [0.25, 0.3) is 0 Å². The molecule has 0 aliphatic carbocycles. The summed E-state index contributed by atoms with van der Waals surface area (Å²) < 4.78 is 11.4. The summed E-state index contributed by atoms with van der Waals surface area (Å²) in [5.41, 5.74) is -0.739. The smallest absolute Gasteiger partial charge is 0.407 e. The molecule has 180 valence electrons. The molecule has 7 nitrogen and oxygen atoms in total. The van der Waals surface area contributed by atoms with Gasteiger partial charge in [-0.05, 0) is 65.2 Å². The predicted molar refractivity (Wildman–Crippen MR) is 123 cm³/mol. The third kappa shape index (κ3) is 6.13. The van der Waals surface area contributed by atoms with Gasteiger partial charge in [-0.15, -0.1) is 0 Å². The fraction of sp³-hybridized carbons (Fsp3) is 0.917. The number of ether oxygens (including phenoxy) is 2. The van der Waals surface area contributed by atoms with Crippen LogP contribution >= 0.6 is 0 Å². The molecule has 0 aromatic rings. The maximum Gasteiger partial charge on any atom is 0.407 e. The van der Waals surface area contributed by atoms with E-state index >= 15 is 0 Å². The van der Waals surface area contributed by atoms with Gasteiger partial charge < -0.3 is 14.8 Å². The van der Waals surface area contributed by atoms with Crippen molar-refractivity contribution in [2.45, 2.75) is 104 Å². The monoisotopic (exact) mass is 439 g/mol. The first kappa shape index (κ1) is 25.9. The first-order valence-electron chi connectivity index (χ1n) is 12.2. The van der Waals surface area contributed by atoms with Gasteiger partial charge in [-0.25, -0.2) is 9.80 Å². The van der Waals surface area contributed by atoms with Crippen LogP contribution in [0.5, 0.6) is 0 Å². The number of hydrogen-bond donors (Lipinski definition) is 1. The number of nitrogens with zero attached hydrogens (tertiary/aromatic N) is 2. The average Bonchev–Trinajstić information content (AvgIpc) is 3.33. The molecular weight excluding hydrogens is 394 g/mol. The molecule has 2 rings (SSSR count). The quantitative estimate of drug-likeness (QED) is 0.548. The zero-order valence-electron chi connectivity index (χ0n) is 20.8. The second kappa shape index (κ2) is 11.0. The fourth-order valence-corrected chi connectivity index (χ4v) is 5.44. The third-order valence-electron chi connectivity index (χ3n) is 7.10. The SMILES string of the molecule is CCC[C@H](CNC(=O)OC(C)(C)C)[C@H]1CCN(N2CCC[C@H]2C(CC)(CC)OC)C1=O. The fourth-order valence-electron chi connectivity index (χ4n) is 5.44. The highest BCUT2D eigenvalue weighted by Crippen LogP contribution is 2.38. The van der Waals surface area contributed by atoms with Gasteiger partial charge in [-0.3, -0.25) is 9.80 Å². The summed E-state index contributed by atoms with van der Waals surface area (Å²) in [6.45, 7) is 14.2. The number of nitrogens with one attached hydrogen (secondary N) is 1. The van der Waals surface area contributed by atoms with Gasteiger partial charge in [-0.1, -0.05) is 27.2 Å². The summed E-state index contributed by atoms with van der Waals surface area (Å²) in [4.78, 5) is 25.7. The van der Waals surface area contributed by atoms with E-state index in [0.717, 1.165) is 58.0 Å². The second-order valence-corrected chi connectivity index (χ2v) is 10.1. The topological polar surface area (TPSA) is 71.1 Å². The Labute approximate surface area is 189 Å².